The summed E-state index contributed by atoms with van der Waals surface area (Å²) in [7, 11) is -3.51. The molecule has 9 aromatic carbocycles. The standard InChI is InChI=1S/C54H38N3OP/c58-59(48-26-14-5-15-27-48)56(45-22-10-3-11-23-45)53-33-31-42(38-54(53)57(59)46-24-12-4-13-25-46)44-34-43(40-20-8-2-9-21-40)35-47(36-44)55-51-29-17-16-28-49(51)50-37-41(30-32-52(50)55)39-18-6-1-7-19-39/h1-38H. The fraction of sp³-hybridized carbons (Fsp3) is 0. The van der Waals surface area contributed by atoms with Crippen LogP contribution in [-0.2, 0) is 4.57 Å². The Bertz CT molecular complexity index is 3190. The van der Waals surface area contributed by atoms with Gasteiger partial charge in [0.1, 0.15) is 0 Å². The lowest BCUT2D eigenvalue weighted by atomic mass is 9.97. The molecule has 0 N–H and O–H groups in total. The Kier molecular flexibility index (Phi) is 8.39. The van der Waals surface area contributed by atoms with Crippen LogP contribution >= 0.6 is 7.44 Å². The molecule has 0 aliphatic carbocycles. The topological polar surface area (TPSA) is 28.5 Å². The van der Waals surface area contributed by atoms with Gasteiger partial charge >= 0.3 is 7.44 Å². The van der Waals surface area contributed by atoms with Crippen molar-refractivity contribution in [2.24, 2.45) is 0 Å². The maximum absolute atomic E-state index is 16.2. The van der Waals surface area contributed by atoms with Crippen molar-refractivity contribution in [2.45, 2.75) is 0 Å². The third kappa shape index (κ3) is 5.80. The van der Waals surface area contributed by atoms with Gasteiger partial charge in [0.15, 0.2) is 0 Å². The minimum Gasteiger partial charge on any atom is -0.309 e. The zero-order valence-electron chi connectivity index (χ0n) is 32.1. The van der Waals surface area contributed by atoms with E-state index >= 15 is 4.57 Å². The molecule has 11 rings (SSSR count). The molecule has 1 aliphatic rings. The minimum absolute atomic E-state index is 0.764. The van der Waals surface area contributed by atoms with Crippen LogP contribution < -0.4 is 14.6 Å². The summed E-state index contributed by atoms with van der Waals surface area (Å²) in [5, 5.41) is 3.18. The number of fused-ring (bicyclic) bond motifs is 4. The molecule has 0 radical (unpaired) electrons. The molecule has 0 bridgehead atoms. The summed E-state index contributed by atoms with van der Waals surface area (Å²) in [5.41, 5.74) is 13.6. The van der Waals surface area contributed by atoms with Gasteiger partial charge in [0.25, 0.3) is 0 Å². The maximum Gasteiger partial charge on any atom is 0.301 e. The molecular formula is C54H38N3OP. The number of benzene rings is 9. The lowest BCUT2D eigenvalue weighted by Crippen LogP contribution is -2.26. The molecule has 1 atom stereocenters. The lowest BCUT2D eigenvalue weighted by molar-refractivity contribution is 0.582. The van der Waals surface area contributed by atoms with Gasteiger partial charge in [0, 0.05) is 27.8 Å². The van der Waals surface area contributed by atoms with E-state index in [0.717, 1.165) is 67.0 Å². The summed E-state index contributed by atoms with van der Waals surface area (Å²) < 4.78 is 22.8. The van der Waals surface area contributed by atoms with Gasteiger partial charge in [0.05, 0.1) is 27.7 Å². The smallest absolute Gasteiger partial charge is 0.301 e. The zero-order chi connectivity index (χ0) is 39.3. The number of nitrogens with zero attached hydrogens (tertiary/aromatic N) is 3. The van der Waals surface area contributed by atoms with Crippen LogP contribution in [0.15, 0.2) is 231 Å². The minimum atomic E-state index is -3.51. The highest BCUT2D eigenvalue weighted by atomic mass is 31.2. The van der Waals surface area contributed by atoms with E-state index in [1.54, 1.807) is 0 Å². The van der Waals surface area contributed by atoms with Gasteiger partial charge in [-0.25, -0.2) is 0 Å². The quantitative estimate of drug-likeness (QED) is 0.151. The fourth-order valence-corrected chi connectivity index (χ4v) is 11.8. The summed E-state index contributed by atoms with van der Waals surface area (Å²) in [6.45, 7) is 0. The molecule has 0 fully saturated rings. The highest BCUT2D eigenvalue weighted by Gasteiger charge is 2.49. The van der Waals surface area contributed by atoms with Crippen molar-refractivity contribution in [3.8, 4) is 39.1 Å². The molecular weight excluding hydrogens is 738 g/mol. The summed E-state index contributed by atoms with van der Waals surface area (Å²) >= 11 is 0. The van der Waals surface area contributed by atoms with Gasteiger partial charge in [-0.1, -0.05) is 146 Å². The Hall–Kier alpha value is -7.39. The van der Waals surface area contributed by atoms with Crippen molar-refractivity contribution in [1.82, 2.24) is 4.57 Å². The summed E-state index contributed by atoms with van der Waals surface area (Å²) in [6, 6.07) is 80.4. The van der Waals surface area contributed by atoms with Gasteiger partial charge in [-0.3, -0.25) is 13.9 Å². The molecule has 0 saturated carbocycles. The monoisotopic (exact) mass is 775 g/mol. The first-order chi connectivity index (χ1) is 29.1. The largest absolute Gasteiger partial charge is 0.309 e. The number of para-hydroxylation sites is 3. The predicted octanol–water partition coefficient (Wildman–Crippen LogP) is 14.6. The molecule has 1 unspecified atom stereocenters. The molecule has 0 spiro atoms. The van der Waals surface area contributed by atoms with E-state index in [4.69, 9.17) is 0 Å². The average Bonchev–Trinajstić information content (AvgIpc) is 3.79. The van der Waals surface area contributed by atoms with E-state index in [1.165, 1.54) is 21.9 Å². The van der Waals surface area contributed by atoms with Crippen LogP contribution in [0.4, 0.5) is 22.7 Å². The Morgan fingerprint density at radius 3 is 1.42 bits per heavy atom. The van der Waals surface area contributed by atoms with Crippen LogP contribution in [0.5, 0.6) is 0 Å². The molecule has 2 heterocycles. The molecule has 10 aromatic rings. The number of anilines is 4. The number of hydrogen-bond donors (Lipinski definition) is 0. The molecule has 1 aliphatic heterocycles. The van der Waals surface area contributed by atoms with Crippen LogP contribution in [0.1, 0.15) is 0 Å². The third-order valence-corrected chi connectivity index (χ3v) is 14.4. The van der Waals surface area contributed by atoms with Crippen molar-refractivity contribution in [3.63, 3.8) is 0 Å². The SMILES string of the molecule is O=P1(c2ccccc2)N(c2ccccc2)c2ccc(-c3cc(-c4ccccc4)cc(-n4c5ccccc5c5cc(-c6ccccc6)ccc54)c3)cc2N1c1ccccc1. The fourth-order valence-electron chi connectivity index (χ4n) is 8.78. The molecule has 4 nitrogen and oxygen atoms in total. The molecule has 0 amide bonds. The van der Waals surface area contributed by atoms with Crippen molar-refractivity contribution in [2.75, 3.05) is 9.34 Å². The van der Waals surface area contributed by atoms with Crippen molar-refractivity contribution >= 4 is 57.3 Å². The second-order valence-electron chi connectivity index (χ2n) is 15.0. The maximum atomic E-state index is 16.2. The molecule has 1 aromatic heterocycles. The first kappa shape index (κ1) is 34.8. The Morgan fingerprint density at radius 1 is 0.305 bits per heavy atom. The normalized spacial score (nSPS) is 14.8. The first-order valence-electron chi connectivity index (χ1n) is 20.0. The number of rotatable bonds is 7. The highest BCUT2D eigenvalue weighted by molar-refractivity contribution is 7.76. The second kappa shape index (κ2) is 14.2. The van der Waals surface area contributed by atoms with E-state index < -0.39 is 7.44 Å². The molecule has 280 valence electrons. The zero-order valence-corrected chi connectivity index (χ0v) is 33.0. The highest BCUT2D eigenvalue weighted by Crippen LogP contribution is 2.70. The Labute approximate surface area is 344 Å². The molecule has 5 heteroatoms. The number of hydrogen-bond acceptors (Lipinski definition) is 1. The van der Waals surface area contributed by atoms with E-state index in [-0.39, 0.29) is 0 Å². The van der Waals surface area contributed by atoms with Gasteiger partial charge in [-0.05, 0) is 118 Å². The first-order valence-corrected chi connectivity index (χ1v) is 21.6. The van der Waals surface area contributed by atoms with E-state index in [1.807, 2.05) is 78.9 Å². The van der Waals surface area contributed by atoms with E-state index in [9.17, 15) is 0 Å². The van der Waals surface area contributed by atoms with E-state index in [2.05, 4.69) is 166 Å². The van der Waals surface area contributed by atoms with Crippen molar-refractivity contribution < 1.29 is 4.57 Å². The van der Waals surface area contributed by atoms with Crippen LogP contribution in [0, 0.1) is 0 Å². The number of aromatic nitrogens is 1. The van der Waals surface area contributed by atoms with Gasteiger partial charge in [-0.2, -0.15) is 0 Å². The van der Waals surface area contributed by atoms with Crippen LogP contribution in [0.3, 0.4) is 0 Å². The van der Waals surface area contributed by atoms with Crippen LogP contribution in [0.25, 0.3) is 60.9 Å². The lowest BCUT2D eigenvalue weighted by Gasteiger charge is -2.33. The van der Waals surface area contributed by atoms with Gasteiger partial charge in [-0.15, -0.1) is 0 Å². The summed E-state index contributed by atoms with van der Waals surface area (Å²) in [5.74, 6) is 0. The van der Waals surface area contributed by atoms with Gasteiger partial charge in [0.2, 0.25) is 0 Å². The Balaban J connectivity index is 1.15. The summed E-state index contributed by atoms with van der Waals surface area (Å²) in [6.07, 6.45) is 0. The summed E-state index contributed by atoms with van der Waals surface area (Å²) in [4.78, 5) is 0. The Morgan fingerprint density at radius 2 is 0.780 bits per heavy atom. The van der Waals surface area contributed by atoms with Crippen LogP contribution in [-0.4, -0.2) is 4.57 Å². The van der Waals surface area contributed by atoms with Crippen LogP contribution in [0.2, 0.25) is 0 Å². The van der Waals surface area contributed by atoms with E-state index in [0.29, 0.717) is 0 Å². The second-order valence-corrected chi connectivity index (χ2v) is 17.4. The average molecular weight is 776 g/mol. The molecule has 59 heavy (non-hydrogen) atoms. The molecule has 0 saturated heterocycles. The van der Waals surface area contributed by atoms with Gasteiger partial charge < -0.3 is 4.57 Å². The third-order valence-electron chi connectivity index (χ3n) is 11.5. The van der Waals surface area contributed by atoms with Crippen molar-refractivity contribution in [3.05, 3.63) is 231 Å². The predicted molar refractivity (Wildman–Crippen MR) is 248 cm³/mol. The van der Waals surface area contributed by atoms with Crippen molar-refractivity contribution in [1.29, 1.82) is 0 Å².